The molecule has 1 saturated heterocycles. The van der Waals surface area contributed by atoms with E-state index in [-0.39, 0.29) is 6.09 Å². The molecule has 0 bridgehead atoms. The highest BCUT2D eigenvalue weighted by molar-refractivity contribution is 9.10. The quantitative estimate of drug-likeness (QED) is 0.728. The van der Waals surface area contributed by atoms with Crippen LogP contribution in [0, 0.1) is 0 Å². The molecule has 4 nitrogen and oxygen atoms in total. The van der Waals surface area contributed by atoms with Crippen LogP contribution in [-0.2, 0) is 4.74 Å². The minimum Gasteiger partial charge on any atom is -0.444 e. The molecule has 0 aromatic heterocycles. The van der Waals surface area contributed by atoms with Gasteiger partial charge in [0.25, 0.3) is 0 Å². The number of hydrogen-bond donors (Lipinski definition) is 1. The Hall–Kier alpha value is -0.940. The molecule has 1 amide bonds. The number of hydrogen-bond acceptors (Lipinski definition) is 3. The molecule has 23 heavy (non-hydrogen) atoms. The number of amides is 1. The van der Waals surface area contributed by atoms with Gasteiger partial charge in [-0.15, -0.1) is 0 Å². The van der Waals surface area contributed by atoms with E-state index >= 15 is 0 Å². The lowest BCUT2D eigenvalue weighted by molar-refractivity contribution is 0.0256. The molecule has 1 aliphatic rings. The second-order valence-corrected chi connectivity index (χ2v) is 8.19. The summed E-state index contributed by atoms with van der Waals surface area (Å²) in [6, 6.07) is 6.08. The maximum atomic E-state index is 12.2. The Morgan fingerprint density at radius 2 is 2.09 bits per heavy atom. The van der Waals surface area contributed by atoms with Crippen molar-refractivity contribution in [3.63, 3.8) is 0 Å². The number of likely N-dealkylation sites (tertiary alicyclic amines) is 1. The second-order valence-electron chi connectivity index (χ2n) is 6.86. The highest BCUT2D eigenvalue weighted by Crippen LogP contribution is 2.28. The molecule has 0 aliphatic carbocycles. The number of nitrogens with one attached hydrogen (secondary N) is 1. The topological polar surface area (TPSA) is 41.6 Å². The summed E-state index contributed by atoms with van der Waals surface area (Å²) in [5.74, 6) is 0. The maximum absolute atomic E-state index is 12.2. The SMILES string of the molecule is CC(C)(C)OC(=O)N1CCCC(Nc2cc(Br)ccc2Cl)CC1. The fraction of sp³-hybridized carbons (Fsp3) is 0.588. The third-order valence-corrected chi connectivity index (χ3v) is 4.49. The van der Waals surface area contributed by atoms with Crippen molar-refractivity contribution in [1.29, 1.82) is 0 Å². The zero-order chi connectivity index (χ0) is 17.0. The van der Waals surface area contributed by atoms with E-state index in [1.54, 1.807) is 4.90 Å². The Balaban J connectivity index is 1.93. The number of rotatable bonds is 2. The number of carbonyl (C=O) groups is 1. The predicted molar refractivity (Wildman–Crippen MR) is 98.2 cm³/mol. The van der Waals surface area contributed by atoms with Crippen molar-refractivity contribution in [3.8, 4) is 0 Å². The fourth-order valence-corrected chi connectivity index (χ4v) is 3.11. The lowest BCUT2D eigenvalue weighted by Crippen LogP contribution is -2.37. The lowest BCUT2D eigenvalue weighted by atomic mass is 10.1. The first-order valence-electron chi connectivity index (χ1n) is 7.94. The van der Waals surface area contributed by atoms with Crippen LogP contribution in [-0.4, -0.2) is 35.7 Å². The van der Waals surface area contributed by atoms with Crippen LogP contribution in [0.2, 0.25) is 5.02 Å². The molecule has 0 radical (unpaired) electrons. The summed E-state index contributed by atoms with van der Waals surface area (Å²) >= 11 is 9.71. The highest BCUT2D eigenvalue weighted by Gasteiger charge is 2.25. The fourth-order valence-electron chi connectivity index (χ4n) is 2.58. The highest BCUT2D eigenvalue weighted by atomic mass is 79.9. The summed E-state index contributed by atoms with van der Waals surface area (Å²) in [4.78, 5) is 14.0. The molecule has 1 N–H and O–H groups in total. The average molecular weight is 404 g/mol. The number of ether oxygens (including phenoxy) is 1. The first kappa shape index (κ1) is 18.4. The normalized spacial score (nSPS) is 19.2. The molecule has 2 rings (SSSR count). The molecule has 1 unspecified atom stereocenters. The van der Waals surface area contributed by atoms with Crippen LogP contribution in [0.25, 0.3) is 0 Å². The number of anilines is 1. The average Bonchev–Trinajstić information content (AvgIpc) is 2.67. The van der Waals surface area contributed by atoms with Gasteiger partial charge in [0.15, 0.2) is 0 Å². The Morgan fingerprint density at radius 3 is 2.78 bits per heavy atom. The van der Waals surface area contributed by atoms with Crippen molar-refractivity contribution in [2.24, 2.45) is 0 Å². The van der Waals surface area contributed by atoms with Gasteiger partial charge in [0.2, 0.25) is 0 Å². The van der Waals surface area contributed by atoms with Gasteiger partial charge in [-0.05, 0) is 58.2 Å². The number of halogens is 2. The van der Waals surface area contributed by atoms with Crippen LogP contribution in [0.4, 0.5) is 10.5 Å². The minimum atomic E-state index is -0.453. The third kappa shape index (κ3) is 5.88. The Labute approximate surface area is 151 Å². The Morgan fingerprint density at radius 1 is 1.35 bits per heavy atom. The van der Waals surface area contributed by atoms with E-state index < -0.39 is 5.60 Å². The van der Waals surface area contributed by atoms with Crippen LogP contribution in [0.3, 0.4) is 0 Å². The van der Waals surface area contributed by atoms with Gasteiger partial charge in [-0.25, -0.2) is 4.79 Å². The van der Waals surface area contributed by atoms with E-state index in [4.69, 9.17) is 16.3 Å². The summed E-state index contributed by atoms with van der Waals surface area (Å²) in [7, 11) is 0. The summed E-state index contributed by atoms with van der Waals surface area (Å²) in [5.41, 5.74) is 0.474. The van der Waals surface area contributed by atoms with Gasteiger partial charge >= 0.3 is 6.09 Å². The van der Waals surface area contributed by atoms with Gasteiger partial charge in [0, 0.05) is 23.6 Å². The lowest BCUT2D eigenvalue weighted by Gasteiger charge is -2.26. The minimum absolute atomic E-state index is 0.223. The van der Waals surface area contributed by atoms with Gasteiger partial charge in [-0.3, -0.25) is 0 Å². The molecule has 128 valence electrons. The van der Waals surface area contributed by atoms with E-state index in [0.717, 1.165) is 36.0 Å². The largest absolute Gasteiger partial charge is 0.444 e. The van der Waals surface area contributed by atoms with Crippen LogP contribution in [0.15, 0.2) is 22.7 Å². The zero-order valence-electron chi connectivity index (χ0n) is 13.9. The van der Waals surface area contributed by atoms with Gasteiger partial charge in [-0.2, -0.15) is 0 Å². The van der Waals surface area contributed by atoms with Crippen LogP contribution < -0.4 is 5.32 Å². The summed E-state index contributed by atoms with van der Waals surface area (Å²) < 4.78 is 6.45. The van der Waals surface area contributed by atoms with Crippen LogP contribution in [0.1, 0.15) is 40.0 Å². The van der Waals surface area contributed by atoms with Crippen molar-refractivity contribution in [2.45, 2.75) is 51.7 Å². The molecular formula is C17H24BrClN2O2. The monoisotopic (exact) mass is 402 g/mol. The Kier molecular flexibility index (Phi) is 6.20. The number of carbonyl (C=O) groups excluding carboxylic acids is 1. The molecule has 0 spiro atoms. The molecule has 0 saturated carbocycles. The smallest absolute Gasteiger partial charge is 0.410 e. The van der Waals surface area contributed by atoms with Crippen molar-refractivity contribution in [1.82, 2.24) is 4.90 Å². The molecule has 1 heterocycles. The maximum Gasteiger partial charge on any atom is 0.410 e. The summed E-state index contributed by atoms with van der Waals surface area (Å²) in [5, 5.41) is 4.21. The number of benzene rings is 1. The third-order valence-electron chi connectivity index (χ3n) is 3.67. The van der Waals surface area contributed by atoms with Crippen molar-refractivity contribution in [2.75, 3.05) is 18.4 Å². The van der Waals surface area contributed by atoms with E-state index in [1.807, 2.05) is 39.0 Å². The van der Waals surface area contributed by atoms with E-state index in [1.165, 1.54) is 0 Å². The van der Waals surface area contributed by atoms with E-state index in [2.05, 4.69) is 21.2 Å². The molecule has 1 aliphatic heterocycles. The van der Waals surface area contributed by atoms with Crippen molar-refractivity contribution in [3.05, 3.63) is 27.7 Å². The Bertz CT molecular complexity index is 560. The first-order chi connectivity index (χ1) is 10.7. The molecule has 1 atom stereocenters. The molecule has 1 aromatic carbocycles. The van der Waals surface area contributed by atoms with E-state index in [9.17, 15) is 4.79 Å². The van der Waals surface area contributed by atoms with Crippen LogP contribution in [0.5, 0.6) is 0 Å². The molecule has 6 heteroatoms. The van der Waals surface area contributed by atoms with Gasteiger partial charge in [-0.1, -0.05) is 27.5 Å². The van der Waals surface area contributed by atoms with Gasteiger partial charge in [0.1, 0.15) is 5.60 Å². The zero-order valence-corrected chi connectivity index (χ0v) is 16.2. The van der Waals surface area contributed by atoms with Crippen molar-refractivity contribution < 1.29 is 9.53 Å². The van der Waals surface area contributed by atoms with E-state index in [0.29, 0.717) is 17.6 Å². The predicted octanol–water partition coefficient (Wildman–Crippen LogP) is 5.30. The standard InChI is InChI=1S/C17H24BrClN2O2/c1-17(2,3)23-16(22)21-9-4-5-13(8-10-21)20-15-11-12(18)6-7-14(15)19/h6-7,11,13,20H,4-5,8-10H2,1-3H3. The van der Waals surface area contributed by atoms with Gasteiger partial charge in [0.05, 0.1) is 10.7 Å². The first-order valence-corrected chi connectivity index (χ1v) is 9.11. The summed E-state index contributed by atoms with van der Waals surface area (Å²) in [6.07, 6.45) is 2.60. The second kappa shape index (κ2) is 7.75. The number of nitrogens with zero attached hydrogens (tertiary/aromatic N) is 1. The summed E-state index contributed by atoms with van der Waals surface area (Å²) in [6.45, 7) is 7.10. The van der Waals surface area contributed by atoms with Crippen LogP contribution >= 0.6 is 27.5 Å². The molecule has 1 aromatic rings. The van der Waals surface area contributed by atoms with Crippen molar-refractivity contribution >= 4 is 39.3 Å². The van der Waals surface area contributed by atoms with Gasteiger partial charge < -0.3 is 15.0 Å². The molecule has 1 fully saturated rings. The molecular weight excluding hydrogens is 380 g/mol.